The molecular formula is C50H57FN9O6P. The lowest BCUT2D eigenvalue weighted by atomic mass is 9.91. The van der Waals surface area contributed by atoms with E-state index in [0.717, 1.165) is 29.0 Å². The Hall–Kier alpha value is -6.25. The number of nitrogens with one attached hydrogen (secondary N) is 2. The third-order valence-electron chi connectivity index (χ3n) is 14.9. The maximum Gasteiger partial charge on any atom is 0.438 e. The smallest absolute Gasteiger partial charge is 0.387 e. The minimum absolute atomic E-state index is 0.0195. The zero-order valence-electron chi connectivity index (χ0n) is 39.2. The normalized spacial score (nSPS) is 20.7. The van der Waals surface area contributed by atoms with Crippen LogP contribution in [0.25, 0.3) is 28.1 Å². The number of imidazole rings is 1. The van der Waals surface area contributed by atoms with E-state index in [2.05, 4.69) is 40.6 Å². The van der Waals surface area contributed by atoms with Crippen molar-refractivity contribution in [1.82, 2.24) is 38.5 Å². The quantitative estimate of drug-likeness (QED) is 0.122. The van der Waals surface area contributed by atoms with E-state index >= 15 is 9.18 Å². The standard InChI is InChI=1S/C50H57FN9O6P/c1-9-67(64,28(2)3)42-13-11-36(26-39(42)52-8)57-18-19-58(49(57)63)45-43-32(7)56(17-14-38(43)54-60(45)37-22-29(4)44(51)30(5)23-37)46(61)41-25-35-24-34(33-15-20-65-21-16-33)10-12-40(35)59(41)50(27-31(50)6)47-53-48(62)66-55-47/h10-13,18-19,22-26,28,31-33,52H,9,14-17,20-21,27H2,1-8H3,(H,53,55,62)/t31-,32-,50-,67?/m0/s1. The molecule has 7 aromatic rings. The topological polar surface area (TPSA) is 167 Å². The summed E-state index contributed by atoms with van der Waals surface area (Å²) in [5.74, 6) is -0.0590. The van der Waals surface area contributed by atoms with Gasteiger partial charge in [0.1, 0.15) is 30.0 Å². The molecule has 17 heteroatoms. The molecule has 2 aliphatic heterocycles. The number of amides is 1. The van der Waals surface area contributed by atoms with Crippen LogP contribution < -0.4 is 22.1 Å². The summed E-state index contributed by atoms with van der Waals surface area (Å²) in [6.07, 6.45) is 6.72. The molecule has 15 nitrogen and oxygen atoms in total. The maximum atomic E-state index is 15.5. The Morgan fingerprint density at radius 2 is 1.72 bits per heavy atom. The first kappa shape index (κ1) is 44.6. The Kier molecular flexibility index (Phi) is 11.0. The fourth-order valence-corrected chi connectivity index (χ4v) is 13.5. The number of anilines is 1. The number of rotatable bonds is 11. The van der Waals surface area contributed by atoms with Crippen LogP contribution in [0.1, 0.15) is 110 Å². The summed E-state index contributed by atoms with van der Waals surface area (Å²) in [7, 11) is -0.958. The van der Waals surface area contributed by atoms with E-state index in [4.69, 9.17) is 14.4 Å². The third-order valence-corrected chi connectivity index (χ3v) is 18.7. The van der Waals surface area contributed by atoms with Gasteiger partial charge in [-0.3, -0.25) is 23.4 Å². The van der Waals surface area contributed by atoms with Gasteiger partial charge in [0.25, 0.3) is 5.91 Å². The number of H-pyrrole nitrogens is 1. The van der Waals surface area contributed by atoms with Crippen molar-refractivity contribution in [3.05, 3.63) is 133 Å². The van der Waals surface area contributed by atoms with Crippen molar-refractivity contribution in [1.29, 1.82) is 0 Å². The van der Waals surface area contributed by atoms with Gasteiger partial charge in [-0.25, -0.2) is 18.7 Å². The highest BCUT2D eigenvalue weighted by atomic mass is 31.2. The summed E-state index contributed by atoms with van der Waals surface area (Å²) in [6, 6.07) is 16.7. The number of carbonyl (C=O) groups excluding carboxylic acids is 1. The number of ether oxygens (including phenoxy) is 1. The lowest BCUT2D eigenvalue weighted by molar-refractivity contribution is 0.0663. The van der Waals surface area contributed by atoms with Gasteiger partial charge in [-0.1, -0.05) is 38.9 Å². The molecule has 0 bridgehead atoms. The van der Waals surface area contributed by atoms with Crippen molar-refractivity contribution in [3.63, 3.8) is 0 Å². The van der Waals surface area contributed by atoms with Crippen LogP contribution in [0, 0.1) is 25.6 Å². The van der Waals surface area contributed by atoms with Crippen LogP contribution in [0.3, 0.4) is 0 Å². The lowest BCUT2D eigenvalue weighted by Crippen LogP contribution is -2.41. The second-order valence-corrected chi connectivity index (χ2v) is 22.7. The van der Waals surface area contributed by atoms with E-state index in [-0.39, 0.29) is 29.0 Å². The molecule has 350 valence electrons. The second-order valence-electron chi connectivity index (χ2n) is 18.9. The number of aromatic amines is 1. The summed E-state index contributed by atoms with van der Waals surface area (Å²) in [5.41, 5.74) is 5.29. The summed E-state index contributed by atoms with van der Waals surface area (Å²) < 4.78 is 46.9. The molecule has 1 unspecified atom stereocenters. The molecule has 2 N–H and O–H groups in total. The summed E-state index contributed by atoms with van der Waals surface area (Å²) in [4.78, 5) is 47.5. The van der Waals surface area contributed by atoms with Crippen LogP contribution in [-0.4, -0.2) is 83.1 Å². The Balaban J connectivity index is 1.11. The van der Waals surface area contributed by atoms with Gasteiger partial charge in [-0.05, 0) is 117 Å². The van der Waals surface area contributed by atoms with E-state index in [9.17, 15) is 14.2 Å². The first-order chi connectivity index (χ1) is 32.1. The summed E-state index contributed by atoms with van der Waals surface area (Å²) >= 11 is 0. The molecule has 6 heterocycles. The monoisotopic (exact) mass is 929 g/mol. The highest BCUT2D eigenvalue weighted by Crippen LogP contribution is 2.56. The van der Waals surface area contributed by atoms with Gasteiger partial charge in [0, 0.05) is 84.9 Å². The fourth-order valence-electron chi connectivity index (χ4n) is 11.0. The van der Waals surface area contributed by atoms with Gasteiger partial charge in [-0.15, -0.1) is 0 Å². The number of aromatic nitrogens is 7. The number of carbonyl (C=O) groups is 1. The van der Waals surface area contributed by atoms with Gasteiger partial charge < -0.3 is 24.1 Å². The Morgan fingerprint density at radius 3 is 2.36 bits per heavy atom. The van der Waals surface area contributed by atoms with E-state index in [1.807, 2.05) is 61.4 Å². The molecule has 1 aliphatic carbocycles. The van der Waals surface area contributed by atoms with Crippen LogP contribution in [0.15, 0.2) is 81.1 Å². The van der Waals surface area contributed by atoms with Gasteiger partial charge in [0.15, 0.2) is 5.82 Å². The zero-order valence-corrected chi connectivity index (χ0v) is 40.1. The van der Waals surface area contributed by atoms with Crippen molar-refractivity contribution >= 4 is 34.9 Å². The summed E-state index contributed by atoms with van der Waals surface area (Å²) in [6.45, 7) is 15.0. The van der Waals surface area contributed by atoms with Crippen molar-refractivity contribution < 1.29 is 23.0 Å². The molecule has 0 spiro atoms. The highest BCUT2D eigenvalue weighted by molar-refractivity contribution is 7.72. The molecule has 4 aromatic heterocycles. The molecule has 0 radical (unpaired) electrons. The van der Waals surface area contributed by atoms with E-state index in [1.165, 1.54) is 10.1 Å². The number of halogens is 1. The average molecular weight is 930 g/mol. The molecule has 4 atom stereocenters. The molecule has 2 fully saturated rings. The largest absolute Gasteiger partial charge is 0.438 e. The van der Waals surface area contributed by atoms with Crippen molar-refractivity contribution in [2.75, 3.05) is 38.3 Å². The Morgan fingerprint density at radius 1 is 1.00 bits per heavy atom. The Bertz CT molecular complexity index is 3250. The fraction of sp³-hybridized carbons (Fsp3) is 0.420. The number of fused-ring (bicyclic) bond motifs is 2. The minimum atomic E-state index is -2.74. The second kappa shape index (κ2) is 16.5. The van der Waals surface area contributed by atoms with Crippen LogP contribution in [0.5, 0.6) is 0 Å². The van der Waals surface area contributed by atoms with Gasteiger partial charge in [0.2, 0.25) is 0 Å². The zero-order chi connectivity index (χ0) is 47.3. The molecular weight excluding hydrogens is 873 g/mol. The molecule has 1 saturated carbocycles. The molecule has 3 aliphatic rings. The first-order valence-electron chi connectivity index (χ1n) is 23.3. The minimum Gasteiger partial charge on any atom is -0.387 e. The van der Waals surface area contributed by atoms with E-state index in [0.29, 0.717) is 101 Å². The van der Waals surface area contributed by atoms with Crippen LogP contribution in [-0.2, 0) is 21.3 Å². The first-order valence-corrected chi connectivity index (χ1v) is 25.3. The average Bonchev–Trinajstić information content (AvgIpc) is 3.82. The number of benzene rings is 3. The number of hydrogen-bond acceptors (Lipinski definition) is 9. The lowest BCUT2D eigenvalue weighted by Gasteiger charge is -2.34. The van der Waals surface area contributed by atoms with E-state index < -0.39 is 24.5 Å². The summed E-state index contributed by atoms with van der Waals surface area (Å²) in [5, 5.41) is 14.2. The highest BCUT2D eigenvalue weighted by Gasteiger charge is 2.59. The number of hydrogen-bond donors (Lipinski definition) is 2. The van der Waals surface area contributed by atoms with E-state index in [1.54, 1.807) is 54.7 Å². The van der Waals surface area contributed by atoms with Gasteiger partial charge >= 0.3 is 11.4 Å². The number of aryl methyl sites for hydroxylation is 2. The molecule has 1 amide bonds. The molecule has 10 rings (SSSR count). The van der Waals surface area contributed by atoms with Crippen LogP contribution >= 0.6 is 7.14 Å². The van der Waals surface area contributed by atoms with Crippen LogP contribution in [0.2, 0.25) is 0 Å². The SMILES string of the molecule is CCP(=O)(c1ccc(-n2ccn(-c3c4c(nn3-c3cc(C)c(F)c(C)c3)CCN(C(=O)c3cc5cc(C6CCOCC6)ccc5n3[C@@]3(c5noc(=O)[nH]5)C[C@@H]3C)[C@H]4C)c2=O)cc1NC)C(C)C. The van der Waals surface area contributed by atoms with Crippen molar-refractivity contribution in [2.45, 2.75) is 97.3 Å². The van der Waals surface area contributed by atoms with Crippen molar-refractivity contribution in [2.24, 2.45) is 5.92 Å². The predicted molar refractivity (Wildman–Crippen MR) is 256 cm³/mol. The van der Waals surface area contributed by atoms with Crippen LogP contribution in [0.4, 0.5) is 10.1 Å². The van der Waals surface area contributed by atoms with Crippen molar-refractivity contribution in [3.8, 4) is 17.2 Å². The third kappa shape index (κ3) is 7.00. The van der Waals surface area contributed by atoms with Gasteiger partial charge in [-0.2, -0.15) is 5.10 Å². The molecule has 3 aromatic carbocycles. The maximum absolute atomic E-state index is 15.5. The predicted octanol–water partition coefficient (Wildman–Crippen LogP) is 8.10. The molecule has 67 heavy (non-hydrogen) atoms. The van der Waals surface area contributed by atoms with Gasteiger partial charge in [0.05, 0.1) is 23.1 Å². The number of nitrogens with zero attached hydrogens (tertiary/aromatic N) is 7. The molecule has 1 saturated heterocycles. The Labute approximate surface area is 387 Å².